The Morgan fingerprint density at radius 2 is 2.30 bits per heavy atom. The summed E-state index contributed by atoms with van der Waals surface area (Å²) in [5, 5.41) is 0. The maximum Gasteiger partial charge on any atom is 0.488 e. The molecule has 2 aliphatic heterocycles. The molecule has 2 saturated heterocycles. The Morgan fingerprint density at radius 3 is 3.00 bits per heavy atom. The predicted octanol–water partition coefficient (Wildman–Crippen LogP) is -0.773. The second-order valence-electron chi connectivity index (χ2n) is 5.86. The number of rotatable bonds is 2. The first-order valence-corrected chi connectivity index (χ1v) is 9.41. The summed E-state index contributed by atoms with van der Waals surface area (Å²) in [6.07, 6.45) is 0.718. The number of carbonyl (C=O) groups excluding carboxylic acids is 1. The summed E-state index contributed by atoms with van der Waals surface area (Å²) >= 11 is 0. The summed E-state index contributed by atoms with van der Waals surface area (Å²) in [5.74, 6) is 0.0282. The molecule has 14 heteroatoms. The van der Waals surface area contributed by atoms with Crippen molar-refractivity contribution in [2.45, 2.75) is 24.5 Å². The molecule has 27 heavy (non-hydrogen) atoms. The molecule has 0 saturated carbocycles. The summed E-state index contributed by atoms with van der Waals surface area (Å²) in [5.41, 5.74) is 4.80. The molecule has 2 unspecified atom stereocenters. The molecule has 0 bridgehead atoms. The number of anilines is 1. The SMILES string of the molecule is [B][P+]1(O)OC[C@H]2O[C@@H](n3ccc(N)nc3=O)C(OC(=O)n3ccnc3)[C@@H]2O1. The number of hydrogen-bond acceptors (Lipinski definition) is 10. The number of ether oxygens (including phenoxy) is 2. The highest BCUT2D eigenvalue weighted by molar-refractivity contribution is 7.85. The maximum absolute atomic E-state index is 12.4. The fourth-order valence-electron chi connectivity index (χ4n) is 2.87. The Bertz CT molecular complexity index is 907. The lowest BCUT2D eigenvalue weighted by Crippen LogP contribution is -2.43. The summed E-state index contributed by atoms with van der Waals surface area (Å²) < 4.78 is 23.9. The van der Waals surface area contributed by atoms with Crippen LogP contribution in [0.3, 0.4) is 0 Å². The molecular formula is C13H14BN5O7P+. The number of aromatic nitrogens is 4. The van der Waals surface area contributed by atoms with Gasteiger partial charge in [-0.1, -0.05) is 0 Å². The highest BCUT2D eigenvalue weighted by Gasteiger charge is 2.59. The van der Waals surface area contributed by atoms with Crippen LogP contribution in [0.4, 0.5) is 10.6 Å². The Morgan fingerprint density at radius 1 is 1.48 bits per heavy atom. The van der Waals surface area contributed by atoms with E-state index in [4.69, 9.17) is 31.8 Å². The third-order valence-electron chi connectivity index (χ3n) is 4.06. The van der Waals surface area contributed by atoms with Crippen molar-refractivity contribution in [2.75, 3.05) is 12.3 Å². The van der Waals surface area contributed by atoms with Crippen molar-refractivity contribution in [3.8, 4) is 0 Å². The molecule has 2 aliphatic rings. The van der Waals surface area contributed by atoms with Gasteiger partial charge in [0, 0.05) is 18.6 Å². The molecule has 2 aromatic rings. The van der Waals surface area contributed by atoms with Gasteiger partial charge in [0.1, 0.15) is 24.9 Å². The van der Waals surface area contributed by atoms with Crippen LogP contribution in [0.2, 0.25) is 0 Å². The number of nitrogens with zero attached hydrogens (tertiary/aromatic N) is 4. The van der Waals surface area contributed by atoms with Crippen molar-refractivity contribution < 1.29 is 28.2 Å². The summed E-state index contributed by atoms with van der Waals surface area (Å²) in [7, 11) is 1.97. The Balaban J connectivity index is 1.68. The minimum Gasteiger partial charge on any atom is -0.438 e. The lowest BCUT2D eigenvalue weighted by molar-refractivity contribution is -0.0633. The normalized spacial score (nSPS) is 32.8. The van der Waals surface area contributed by atoms with E-state index in [0.29, 0.717) is 0 Å². The Kier molecular flexibility index (Phi) is 4.48. The zero-order valence-electron chi connectivity index (χ0n) is 13.7. The molecule has 2 fully saturated rings. The van der Waals surface area contributed by atoms with Crippen LogP contribution in [0, 0.1) is 0 Å². The van der Waals surface area contributed by atoms with Crippen LogP contribution in [0.15, 0.2) is 35.8 Å². The molecule has 4 heterocycles. The van der Waals surface area contributed by atoms with Crippen LogP contribution >= 0.6 is 7.82 Å². The quantitative estimate of drug-likeness (QED) is 0.490. The molecule has 12 nitrogen and oxygen atoms in total. The predicted molar refractivity (Wildman–Crippen MR) is 90.4 cm³/mol. The van der Waals surface area contributed by atoms with Gasteiger partial charge in [-0.15, -0.1) is 0 Å². The molecule has 0 spiro atoms. The lowest BCUT2D eigenvalue weighted by atomic mass is 10.1. The number of fused-ring (bicyclic) bond motifs is 1. The van der Waals surface area contributed by atoms with E-state index < -0.39 is 44.1 Å². The summed E-state index contributed by atoms with van der Waals surface area (Å²) in [6.45, 7) is -0.0990. The maximum atomic E-state index is 12.4. The molecule has 3 N–H and O–H groups in total. The lowest BCUT2D eigenvalue weighted by Gasteiger charge is -2.29. The second kappa shape index (κ2) is 6.70. The smallest absolute Gasteiger partial charge is 0.438 e. The molecule has 140 valence electrons. The van der Waals surface area contributed by atoms with Gasteiger partial charge in [0.15, 0.2) is 18.4 Å². The first-order valence-electron chi connectivity index (χ1n) is 7.76. The van der Waals surface area contributed by atoms with Crippen molar-refractivity contribution in [3.63, 3.8) is 0 Å². The zero-order chi connectivity index (χ0) is 19.2. The van der Waals surface area contributed by atoms with Crippen molar-refractivity contribution >= 4 is 27.3 Å². The van der Waals surface area contributed by atoms with Gasteiger partial charge in [-0.3, -0.25) is 4.57 Å². The largest absolute Gasteiger partial charge is 0.488 e. The third kappa shape index (κ3) is 3.47. The van der Waals surface area contributed by atoms with E-state index in [1.54, 1.807) is 0 Å². The van der Waals surface area contributed by atoms with E-state index in [0.717, 1.165) is 9.13 Å². The highest BCUT2D eigenvalue weighted by Crippen LogP contribution is 2.58. The summed E-state index contributed by atoms with van der Waals surface area (Å²) in [4.78, 5) is 41.9. The van der Waals surface area contributed by atoms with E-state index in [2.05, 4.69) is 9.97 Å². The van der Waals surface area contributed by atoms with E-state index in [1.807, 2.05) is 0 Å². The zero-order valence-corrected chi connectivity index (χ0v) is 14.6. The number of imidazole rings is 1. The fraction of sp³-hybridized carbons (Fsp3) is 0.385. The molecule has 2 aromatic heterocycles. The van der Waals surface area contributed by atoms with Crippen LogP contribution in [-0.2, 0) is 18.5 Å². The van der Waals surface area contributed by atoms with E-state index >= 15 is 0 Å². The van der Waals surface area contributed by atoms with Crippen molar-refractivity contribution in [1.82, 2.24) is 19.1 Å². The van der Waals surface area contributed by atoms with Gasteiger partial charge in [-0.25, -0.2) is 24.0 Å². The molecule has 0 amide bonds. The van der Waals surface area contributed by atoms with Crippen molar-refractivity contribution in [3.05, 3.63) is 41.5 Å². The van der Waals surface area contributed by atoms with Gasteiger partial charge in [0.2, 0.25) is 0 Å². The van der Waals surface area contributed by atoms with Crippen LogP contribution < -0.4 is 11.4 Å². The number of carbonyl (C=O) groups is 1. The molecule has 0 aliphatic carbocycles. The van der Waals surface area contributed by atoms with Gasteiger partial charge in [-0.05, 0) is 6.07 Å². The van der Waals surface area contributed by atoms with Gasteiger partial charge < -0.3 is 15.2 Å². The fourth-order valence-corrected chi connectivity index (χ4v) is 3.89. The van der Waals surface area contributed by atoms with Gasteiger partial charge >= 0.3 is 27.2 Å². The minimum atomic E-state index is -3.60. The molecule has 5 atom stereocenters. The molecule has 2 radical (unpaired) electrons. The van der Waals surface area contributed by atoms with Crippen LogP contribution in [0.1, 0.15) is 6.23 Å². The van der Waals surface area contributed by atoms with E-state index in [9.17, 15) is 14.5 Å². The first-order chi connectivity index (χ1) is 12.8. The van der Waals surface area contributed by atoms with Crippen molar-refractivity contribution in [1.29, 1.82) is 0 Å². The standard InChI is InChI=1S/C13H14BN5O7P/c14-27(22)23-5-7-9(26-27)10(25-13(21)18-4-2-16-6-18)11(24-7)19-3-1-8(15)17-12(19)20/h1-4,6-7,9-11,22H,5H2,(H2,15,17,20)/q+1/t7-,9-,10?,11-,27?/m1/s1. The van der Waals surface area contributed by atoms with Crippen LogP contribution in [0.5, 0.6) is 0 Å². The first kappa shape index (κ1) is 18.1. The monoisotopic (exact) mass is 394 g/mol. The van der Waals surface area contributed by atoms with Crippen LogP contribution in [-0.4, -0.2) is 62.6 Å². The molecule has 4 rings (SSSR count). The van der Waals surface area contributed by atoms with Gasteiger partial charge in [0.25, 0.3) is 0 Å². The van der Waals surface area contributed by atoms with Crippen LogP contribution in [0.25, 0.3) is 0 Å². The average molecular weight is 394 g/mol. The number of hydrogen-bond donors (Lipinski definition) is 2. The summed E-state index contributed by atoms with van der Waals surface area (Å²) in [6, 6.07) is 1.39. The van der Waals surface area contributed by atoms with Crippen molar-refractivity contribution in [2.24, 2.45) is 0 Å². The molecular weight excluding hydrogens is 380 g/mol. The second-order valence-corrected chi connectivity index (χ2v) is 7.45. The van der Waals surface area contributed by atoms with E-state index in [-0.39, 0.29) is 12.4 Å². The number of nitrogens with two attached hydrogens (primary N) is 1. The average Bonchev–Trinajstić information content (AvgIpc) is 3.23. The third-order valence-corrected chi connectivity index (χ3v) is 5.12. The Hall–Kier alpha value is -2.31. The van der Waals surface area contributed by atoms with Gasteiger partial charge in [-0.2, -0.15) is 14.0 Å². The molecule has 0 aromatic carbocycles. The minimum absolute atomic E-state index is 0.0282. The topological polar surface area (TPSA) is 153 Å². The number of nitrogen functional groups attached to an aromatic ring is 1. The highest BCUT2D eigenvalue weighted by atomic mass is 31.2. The van der Waals surface area contributed by atoms with Gasteiger partial charge in [0.05, 0.1) is 0 Å². The Labute approximate surface area is 153 Å². The van der Waals surface area contributed by atoms with E-state index in [1.165, 1.54) is 31.0 Å².